The van der Waals surface area contributed by atoms with Gasteiger partial charge in [0.2, 0.25) is 10.0 Å². The lowest BCUT2D eigenvalue weighted by molar-refractivity contribution is 0.0379. The van der Waals surface area contributed by atoms with Crippen LogP contribution in [-0.2, 0) is 21.3 Å². The van der Waals surface area contributed by atoms with Crippen LogP contribution in [0.4, 0.5) is 5.69 Å². The number of halogens is 1. The Morgan fingerprint density at radius 2 is 1.86 bits per heavy atom. The maximum atomic E-state index is 13.4. The van der Waals surface area contributed by atoms with E-state index in [0.29, 0.717) is 37.2 Å². The number of ether oxygens (including phenoxy) is 2. The Morgan fingerprint density at radius 3 is 2.53 bits per heavy atom. The van der Waals surface area contributed by atoms with Crippen molar-refractivity contribution in [1.29, 1.82) is 0 Å². The largest absolute Gasteiger partial charge is 0.452 e. The van der Waals surface area contributed by atoms with Gasteiger partial charge in [-0.15, -0.1) is 0 Å². The Kier molecular flexibility index (Phi) is 11.3. The van der Waals surface area contributed by atoms with Gasteiger partial charge in [0.05, 0.1) is 30.6 Å². The molecule has 0 radical (unpaired) electrons. The van der Waals surface area contributed by atoms with Gasteiger partial charge < -0.3 is 19.7 Å². The average molecular weight is 539 g/mol. The second kappa shape index (κ2) is 14.2. The maximum Gasteiger partial charge on any atom is 0.244 e. The Labute approximate surface area is 221 Å². The molecule has 200 valence electrons. The minimum absolute atomic E-state index is 0.109. The number of unbranched alkanes of at least 4 members (excludes halogenated alkanes) is 1. The van der Waals surface area contributed by atoms with E-state index in [1.54, 1.807) is 25.1 Å². The van der Waals surface area contributed by atoms with Crippen LogP contribution >= 0.6 is 11.6 Å². The lowest BCUT2D eigenvalue weighted by Crippen LogP contribution is -2.44. The quantitative estimate of drug-likeness (QED) is 0.368. The average Bonchev–Trinajstić information content (AvgIpc) is 2.87. The van der Waals surface area contributed by atoms with Gasteiger partial charge in [0, 0.05) is 32.7 Å². The summed E-state index contributed by atoms with van der Waals surface area (Å²) in [4.78, 5) is 4.66. The number of nitrogens with zero attached hydrogens (tertiary/aromatic N) is 2. The summed E-state index contributed by atoms with van der Waals surface area (Å²) < 4.78 is 41.4. The zero-order valence-corrected chi connectivity index (χ0v) is 23.1. The summed E-state index contributed by atoms with van der Waals surface area (Å²) in [5, 5.41) is 3.74. The summed E-state index contributed by atoms with van der Waals surface area (Å²) in [5.74, 6) is 0.697. The third-order valence-electron chi connectivity index (χ3n) is 5.94. The van der Waals surface area contributed by atoms with Crippen LogP contribution in [0.5, 0.6) is 11.5 Å². The third-order valence-corrected chi connectivity index (χ3v) is 7.81. The van der Waals surface area contributed by atoms with Gasteiger partial charge >= 0.3 is 0 Å². The van der Waals surface area contributed by atoms with Crippen molar-refractivity contribution in [2.75, 3.05) is 57.5 Å². The first-order chi connectivity index (χ1) is 17.4. The Hall–Kier alpha value is -1.88. The highest BCUT2D eigenvalue weighted by atomic mass is 35.5. The van der Waals surface area contributed by atoms with E-state index >= 15 is 0 Å². The van der Waals surface area contributed by atoms with Crippen LogP contribution in [0.25, 0.3) is 0 Å². The molecule has 3 rings (SSSR count). The van der Waals surface area contributed by atoms with E-state index < -0.39 is 10.0 Å². The van der Waals surface area contributed by atoms with Gasteiger partial charge in [-0.2, -0.15) is 0 Å². The fourth-order valence-corrected chi connectivity index (χ4v) is 5.46. The number of sulfonamides is 1. The van der Waals surface area contributed by atoms with Crippen molar-refractivity contribution in [2.45, 2.75) is 45.1 Å². The van der Waals surface area contributed by atoms with Gasteiger partial charge in [0.25, 0.3) is 0 Å². The predicted octanol–water partition coefficient (Wildman–Crippen LogP) is 4.44. The summed E-state index contributed by atoms with van der Waals surface area (Å²) in [5.41, 5.74) is 1.61. The summed E-state index contributed by atoms with van der Waals surface area (Å²) in [6.45, 7) is 12.0. The monoisotopic (exact) mass is 538 g/mol. The molecule has 0 unspecified atom stereocenters. The minimum atomic E-state index is -3.84. The molecule has 0 saturated carbocycles. The molecular weight excluding hydrogens is 500 g/mol. The van der Waals surface area contributed by atoms with Crippen molar-refractivity contribution in [1.82, 2.24) is 14.9 Å². The highest BCUT2D eigenvalue weighted by Gasteiger charge is 2.28. The second-order valence-corrected chi connectivity index (χ2v) is 10.9. The number of hydrogen-bond donors (Lipinski definition) is 2. The first kappa shape index (κ1) is 28.7. The van der Waals surface area contributed by atoms with Crippen molar-refractivity contribution in [3.63, 3.8) is 0 Å². The van der Waals surface area contributed by atoms with Crippen molar-refractivity contribution >= 4 is 27.3 Å². The Bertz CT molecular complexity index is 1080. The zero-order chi connectivity index (χ0) is 26.0. The van der Waals surface area contributed by atoms with Crippen molar-refractivity contribution in [3.8, 4) is 11.5 Å². The van der Waals surface area contributed by atoms with E-state index in [9.17, 15) is 8.42 Å². The van der Waals surface area contributed by atoms with E-state index in [0.717, 1.165) is 50.3 Å². The molecule has 0 aliphatic carbocycles. The van der Waals surface area contributed by atoms with Gasteiger partial charge in [-0.05, 0) is 42.8 Å². The number of hydrogen-bond acceptors (Lipinski definition) is 7. The van der Waals surface area contributed by atoms with E-state index in [2.05, 4.69) is 26.8 Å². The van der Waals surface area contributed by atoms with Crippen LogP contribution in [0, 0.1) is 0 Å². The lowest BCUT2D eigenvalue weighted by Gasteiger charge is -2.35. The van der Waals surface area contributed by atoms with Crippen LogP contribution in [-0.4, -0.2) is 65.9 Å². The van der Waals surface area contributed by atoms with Gasteiger partial charge in [-0.1, -0.05) is 50.9 Å². The second-order valence-electron chi connectivity index (χ2n) is 8.75. The molecule has 2 aromatic carbocycles. The van der Waals surface area contributed by atoms with E-state index in [-0.39, 0.29) is 17.2 Å². The molecule has 0 aromatic heterocycles. The standard InChI is InChI=1S/C26H39ClN4O4S/c1-4-7-12-31(20-30-13-15-34-16-14-30)23-17-21(19-28-5-2)18-25(36(32,33)29-6-3)26(23)35-24-11-9-8-10-22(24)27/h8-11,17-18,28-29H,4-7,12-16,19-20H2,1-3H3. The molecule has 0 amide bonds. The molecule has 1 aliphatic heterocycles. The first-order valence-corrected chi connectivity index (χ1v) is 14.6. The number of morpholine rings is 1. The van der Waals surface area contributed by atoms with Crippen LogP contribution in [0.15, 0.2) is 41.3 Å². The summed E-state index contributed by atoms with van der Waals surface area (Å²) in [6, 6.07) is 10.9. The van der Waals surface area contributed by atoms with E-state index in [4.69, 9.17) is 21.1 Å². The minimum Gasteiger partial charge on any atom is -0.452 e. The lowest BCUT2D eigenvalue weighted by atomic mass is 10.1. The van der Waals surface area contributed by atoms with Crippen molar-refractivity contribution < 1.29 is 17.9 Å². The van der Waals surface area contributed by atoms with Gasteiger partial charge in [-0.25, -0.2) is 13.1 Å². The van der Waals surface area contributed by atoms with Crippen molar-refractivity contribution in [3.05, 3.63) is 47.0 Å². The molecule has 1 aliphatic rings. The van der Waals surface area contributed by atoms with E-state index in [1.807, 2.05) is 25.1 Å². The molecule has 8 nitrogen and oxygen atoms in total. The molecule has 2 aromatic rings. The zero-order valence-electron chi connectivity index (χ0n) is 21.6. The highest BCUT2D eigenvalue weighted by molar-refractivity contribution is 7.89. The molecule has 1 fully saturated rings. The SMILES string of the molecule is CCCCN(CN1CCOCC1)c1cc(CNCC)cc(S(=O)(=O)NCC)c1Oc1ccccc1Cl. The molecule has 36 heavy (non-hydrogen) atoms. The van der Waals surface area contributed by atoms with Crippen LogP contribution < -0.4 is 19.7 Å². The molecular formula is C26H39ClN4O4S. The van der Waals surface area contributed by atoms with E-state index in [1.165, 1.54) is 0 Å². The normalized spacial score (nSPS) is 14.7. The summed E-state index contributed by atoms with van der Waals surface area (Å²) in [7, 11) is -3.84. The fraction of sp³-hybridized carbons (Fsp3) is 0.538. The van der Waals surface area contributed by atoms with Crippen LogP contribution in [0.1, 0.15) is 39.2 Å². The Morgan fingerprint density at radius 1 is 1.11 bits per heavy atom. The number of para-hydroxylation sites is 1. The molecule has 0 atom stereocenters. The summed E-state index contributed by atoms with van der Waals surface area (Å²) in [6.07, 6.45) is 1.97. The fourth-order valence-electron chi connectivity index (χ4n) is 4.06. The maximum absolute atomic E-state index is 13.4. The molecule has 1 heterocycles. The third kappa shape index (κ3) is 7.81. The number of rotatable bonds is 14. The van der Waals surface area contributed by atoms with Gasteiger partial charge in [0.1, 0.15) is 10.6 Å². The molecule has 0 spiro atoms. The molecule has 10 heteroatoms. The smallest absolute Gasteiger partial charge is 0.244 e. The molecule has 0 bridgehead atoms. The van der Waals surface area contributed by atoms with Gasteiger partial charge in [-0.3, -0.25) is 4.90 Å². The number of nitrogens with one attached hydrogen (secondary N) is 2. The number of benzene rings is 2. The highest BCUT2D eigenvalue weighted by Crippen LogP contribution is 2.41. The van der Waals surface area contributed by atoms with Crippen molar-refractivity contribution in [2.24, 2.45) is 0 Å². The van der Waals surface area contributed by atoms with Crippen LogP contribution in [0.3, 0.4) is 0 Å². The molecule has 2 N–H and O–H groups in total. The topological polar surface area (TPSA) is 83.1 Å². The summed E-state index contributed by atoms with van der Waals surface area (Å²) >= 11 is 6.44. The number of anilines is 1. The van der Waals surface area contributed by atoms with Gasteiger partial charge in [0.15, 0.2) is 5.75 Å². The van der Waals surface area contributed by atoms with Crippen LogP contribution in [0.2, 0.25) is 5.02 Å². The Balaban J connectivity index is 2.19. The predicted molar refractivity (Wildman–Crippen MR) is 146 cm³/mol. The molecule has 1 saturated heterocycles. The first-order valence-electron chi connectivity index (χ1n) is 12.7.